The maximum atomic E-state index is 13.2. The molecule has 3 heterocycles. The molecule has 17 heteroatoms. The second-order valence-electron chi connectivity index (χ2n) is 8.06. The summed E-state index contributed by atoms with van der Waals surface area (Å²) in [5.41, 5.74) is 5.65. The lowest BCUT2D eigenvalue weighted by molar-refractivity contribution is -0.120. The number of nitrogens with two attached hydrogens (primary N) is 2. The third-order valence-electron chi connectivity index (χ3n) is 5.77. The lowest BCUT2D eigenvalue weighted by Gasteiger charge is -2.26. The van der Waals surface area contributed by atoms with Gasteiger partial charge in [-0.05, 0) is 36.7 Å². The number of tetrazole rings is 1. The molecular formula is C17H26N10O5S2. The zero-order chi connectivity index (χ0) is 24.5. The van der Waals surface area contributed by atoms with Crippen LogP contribution in [0.4, 0.5) is 5.69 Å². The molecule has 15 nitrogen and oxygen atoms in total. The van der Waals surface area contributed by atoms with Crippen LogP contribution in [0.25, 0.3) is 11.4 Å². The molecule has 2 saturated heterocycles. The summed E-state index contributed by atoms with van der Waals surface area (Å²) < 4.78 is 54.6. The number of amides is 1. The molecule has 4 rings (SSSR count). The van der Waals surface area contributed by atoms with Crippen LogP contribution in [0.2, 0.25) is 0 Å². The number of hydrogen-bond acceptors (Lipinski definition) is 11. The number of rotatable bonds is 7. The van der Waals surface area contributed by atoms with Crippen LogP contribution in [0.5, 0.6) is 0 Å². The Labute approximate surface area is 196 Å². The normalized spacial score (nSPS) is 22.0. The van der Waals surface area contributed by atoms with E-state index in [2.05, 4.69) is 36.0 Å². The zero-order valence-electron chi connectivity index (χ0n) is 18.1. The van der Waals surface area contributed by atoms with Crippen molar-refractivity contribution in [2.75, 3.05) is 37.6 Å². The van der Waals surface area contributed by atoms with E-state index >= 15 is 0 Å². The van der Waals surface area contributed by atoms with Gasteiger partial charge in [-0.25, -0.2) is 26.7 Å². The molecule has 1 amide bonds. The Morgan fingerprint density at radius 2 is 1.94 bits per heavy atom. The average Bonchev–Trinajstić information content (AvgIpc) is 3.41. The van der Waals surface area contributed by atoms with Crippen molar-refractivity contribution in [3.63, 3.8) is 0 Å². The SMILES string of the molecule is NC(=O)C1CCN(c2ccc(S(=O)(=O)NC3CCNC3)c(S(N)(=O)=O)c2-c2nn[nH]n2)CCN1. The molecule has 2 atom stereocenters. The standard InChI is InChI=1S/C17H26N10O5S2/c18-16(28)11-4-7-27(8-6-21-11)12-1-2-13(34(31,32)24-10-3-5-20-9-10)15(33(19,29)30)14(12)17-22-25-26-23-17/h1-2,10-11,20-21,24H,3-9H2,(H2,18,28)(H2,19,29,30)(H,22,23,25,26). The number of nitrogens with zero attached hydrogens (tertiary/aromatic N) is 4. The van der Waals surface area contributed by atoms with Crippen molar-refractivity contribution in [2.24, 2.45) is 10.9 Å². The van der Waals surface area contributed by atoms with Crippen molar-refractivity contribution < 1.29 is 21.6 Å². The number of sulfonamides is 2. The van der Waals surface area contributed by atoms with E-state index in [1.807, 2.05) is 0 Å². The molecule has 0 aliphatic carbocycles. The largest absolute Gasteiger partial charge is 0.370 e. The first-order valence-corrected chi connectivity index (χ1v) is 13.5. The van der Waals surface area contributed by atoms with Crippen molar-refractivity contribution in [1.29, 1.82) is 0 Å². The maximum absolute atomic E-state index is 13.2. The van der Waals surface area contributed by atoms with Gasteiger partial charge in [0.25, 0.3) is 0 Å². The smallest absolute Gasteiger partial charge is 0.242 e. The van der Waals surface area contributed by atoms with Crippen molar-refractivity contribution >= 4 is 31.6 Å². The van der Waals surface area contributed by atoms with Crippen molar-refractivity contribution in [3.8, 4) is 11.4 Å². The summed E-state index contributed by atoms with van der Waals surface area (Å²) in [5, 5.41) is 25.2. The number of anilines is 1. The highest BCUT2D eigenvalue weighted by Crippen LogP contribution is 2.38. The van der Waals surface area contributed by atoms with Gasteiger partial charge in [-0.15, -0.1) is 10.2 Å². The molecule has 2 unspecified atom stereocenters. The van der Waals surface area contributed by atoms with Gasteiger partial charge in [0.1, 0.15) is 9.79 Å². The molecule has 1 aromatic heterocycles. The Morgan fingerprint density at radius 1 is 1.15 bits per heavy atom. The number of carbonyl (C=O) groups excluding carboxylic acids is 1. The number of primary amides is 1. The number of carbonyl (C=O) groups is 1. The summed E-state index contributed by atoms with van der Waals surface area (Å²) in [7, 11) is -8.85. The summed E-state index contributed by atoms with van der Waals surface area (Å²) in [6.07, 6.45) is 0.906. The lowest BCUT2D eigenvalue weighted by Crippen LogP contribution is -2.41. The number of primary sulfonamides is 1. The van der Waals surface area contributed by atoms with Gasteiger partial charge >= 0.3 is 0 Å². The van der Waals surface area contributed by atoms with E-state index in [1.165, 1.54) is 12.1 Å². The van der Waals surface area contributed by atoms with Crippen molar-refractivity contribution in [1.82, 2.24) is 36.0 Å². The molecule has 0 spiro atoms. The van der Waals surface area contributed by atoms with Crippen LogP contribution in [0.3, 0.4) is 0 Å². The van der Waals surface area contributed by atoms with Gasteiger partial charge in [0.15, 0.2) is 0 Å². The number of aromatic nitrogens is 4. The quantitative estimate of drug-likeness (QED) is 0.215. The van der Waals surface area contributed by atoms with Gasteiger partial charge in [0, 0.05) is 37.9 Å². The molecule has 2 aromatic rings. The van der Waals surface area contributed by atoms with Gasteiger partial charge in [-0.2, -0.15) is 5.21 Å². The van der Waals surface area contributed by atoms with E-state index in [9.17, 15) is 21.6 Å². The molecule has 186 valence electrons. The van der Waals surface area contributed by atoms with Crippen LogP contribution in [-0.4, -0.2) is 88.2 Å². The third kappa shape index (κ3) is 5.03. The highest BCUT2D eigenvalue weighted by molar-refractivity contribution is 7.92. The predicted octanol–water partition coefficient (Wildman–Crippen LogP) is -3.19. The second-order valence-corrected chi connectivity index (χ2v) is 11.2. The first-order chi connectivity index (χ1) is 16.1. The van der Waals surface area contributed by atoms with Crippen molar-refractivity contribution in [3.05, 3.63) is 12.1 Å². The Balaban J connectivity index is 1.86. The van der Waals surface area contributed by atoms with Crippen LogP contribution in [0.1, 0.15) is 12.8 Å². The van der Waals surface area contributed by atoms with Crippen LogP contribution in [0, 0.1) is 0 Å². The number of aromatic amines is 1. The van der Waals surface area contributed by atoms with Gasteiger partial charge in [0.05, 0.1) is 11.6 Å². The summed E-state index contributed by atoms with van der Waals surface area (Å²) >= 11 is 0. The minimum Gasteiger partial charge on any atom is -0.370 e. The summed E-state index contributed by atoms with van der Waals surface area (Å²) in [6, 6.07) is 1.73. The Bertz CT molecular complexity index is 1260. The number of H-pyrrole nitrogens is 1. The van der Waals surface area contributed by atoms with E-state index in [0.29, 0.717) is 51.3 Å². The first kappa shape index (κ1) is 24.4. The highest BCUT2D eigenvalue weighted by Gasteiger charge is 2.35. The van der Waals surface area contributed by atoms with Gasteiger partial charge in [0.2, 0.25) is 31.8 Å². The number of hydrogen-bond donors (Lipinski definition) is 6. The Morgan fingerprint density at radius 3 is 2.56 bits per heavy atom. The molecule has 2 aliphatic heterocycles. The monoisotopic (exact) mass is 514 g/mol. The van der Waals surface area contributed by atoms with Gasteiger partial charge in [-0.3, -0.25) is 4.79 Å². The van der Waals surface area contributed by atoms with E-state index in [1.54, 1.807) is 4.90 Å². The third-order valence-corrected chi connectivity index (χ3v) is 8.45. The van der Waals surface area contributed by atoms with E-state index in [0.717, 1.165) is 0 Å². The molecule has 2 fully saturated rings. The molecule has 0 bridgehead atoms. The molecular weight excluding hydrogens is 488 g/mol. The minimum atomic E-state index is -4.57. The molecule has 1 aromatic carbocycles. The number of nitrogens with one attached hydrogen (secondary N) is 4. The lowest BCUT2D eigenvalue weighted by atomic mass is 10.1. The maximum Gasteiger partial charge on any atom is 0.242 e. The zero-order valence-corrected chi connectivity index (χ0v) is 19.7. The highest BCUT2D eigenvalue weighted by atomic mass is 32.2. The molecule has 2 aliphatic rings. The van der Waals surface area contributed by atoms with Crippen molar-refractivity contribution in [2.45, 2.75) is 34.7 Å². The minimum absolute atomic E-state index is 0.0961. The predicted molar refractivity (Wildman–Crippen MR) is 120 cm³/mol. The fraction of sp³-hybridized carbons (Fsp3) is 0.529. The second kappa shape index (κ2) is 9.51. The first-order valence-electron chi connectivity index (χ1n) is 10.5. The van der Waals surface area contributed by atoms with E-state index < -0.39 is 47.8 Å². The summed E-state index contributed by atoms with van der Waals surface area (Å²) in [5.74, 6) is -0.637. The van der Waals surface area contributed by atoms with Crippen LogP contribution < -0.4 is 31.1 Å². The molecule has 34 heavy (non-hydrogen) atoms. The fourth-order valence-electron chi connectivity index (χ4n) is 4.19. The van der Waals surface area contributed by atoms with Crippen LogP contribution in [-0.2, 0) is 24.8 Å². The average molecular weight is 515 g/mol. The van der Waals surface area contributed by atoms with Gasteiger partial charge < -0.3 is 21.3 Å². The summed E-state index contributed by atoms with van der Waals surface area (Å²) in [6.45, 7) is 2.13. The topological polar surface area (TPSA) is 231 Å². The Kier molecular flexibility index (Phi) is 6.83. The molecule has 0 radical (unpaired) electrons. The molecule has 0 saturated carbocycles. The summed E-state index contributed by atoms with van der Waals surface area (Å²) in [4.78, 5) is 12.3. The van der Waals surface area contributed by atoms with E-state index in [-0.39, 0.29) is 11.4 Å². The Hall–Kier alpha value is -2.70. The molecule has 8 N–H and O–H groups in total. The van der Waals surface area contributed by atoms with E-state index in [4.69, 9.17) is 10.9 Å². The van der Waals surface area contributed by atoms with Gasteiger partial charge in [-0.1, -0.05) is 0 Å². The number of benzene rings is 1. The fourth-order valence-corrected chi connectivity index (χ4v) is 7.06. The van der Waals surface area contributed by atoms with Crippen LogP contribution >= 0.6 is 0 Å². The van der Waals surface area contributed by atoms with Crippen LogP contribution in [0.15, 0.2) is 21.9 Å².